The van der Waals surface area contributed by atoms with Crippen LogP contribution in [0.4, 0.5) is 0 Å². The van der Waals surface area contributed by atoms with Crippen molar-refractivity contribution in [2.75, 3.05) is 45.8 Å². The van der Waals surface area contributed by atoms with Crippen molar-refractivity contribution in [1.82, 2.24) is 29.9 Å². The number of nitrogens with one attached hydrogen (secondary N) is 1. The molecule has 1 N–H and O–H groups in total. The molecule has 36 heavy (non-hydrogen) atoms. The first-order valence-corrected chi connectivity index (χ1v) is 12.9. The zero-order valence-electron chi connectivity index (χ0n) is 20.9. The Bertz CT molecular complexity index is 1280. The van der Waals surface area contributed by atoms with E-state index in [9.17, 15) is 4.79 Å². The molecule has 0 radical (unpaired) electrons. The van der Waals surface area contributed by atoms with Gasteiger partial charge in [-0.05, 0) is 31.1 Å². The molecule has 1 aliphatic heterocycles. The highest BCUT2D eigenvalue weighted by Crippen LogP contribution is 2.25. The third-order valence-corrected chi connectivity index (χ3v) is 6.95. The van der Waals surface area contributed by atoms with Crippen molar-refractivity contribution >= 4 is 16.9 Å². The van der Waals surface area contributed by atoms with E-state index in [0.717, 1.165) is 73.5 Å². The van der Waals surface area contributed by atoms with Gasteiger partial charge >= 0.3 is 0 Å². The minimum Gasteiger partial charge on any atom is -0.352 e. The topological polar surface area (TPSA) is 66.3 Å². The smallest absolute Gasteiger partial charge is 0.252 e. The average Bonchev–Trinajstić information content (AvgIpc) is 3.34. The quantitative estimate of drug-likeness (QED) is 0.367. The van der Waals surface area contributed by atoms with Crippen LogP contribution in [0, 0.1) is 0 Å². The third kappa shape index (κ3) is 5.64. The van der Waals surface area contributed by atoms with E-state index in [1.165, 1.54) is 0 Å². The summed E-state index contributed by atoms with van der Waals surface area (Å²) in [5.74, 6) is -0.0744. The number of pyridine rings is 1. The summed E-state index contributed by atoms with van der Waals surface area (Å²) in [5, 5.41) is 8.53. The summed E-state index contributed by atoms with van der Waals surface area (Å²) in [5.41, 5.74) is 4.23. The van der Waals surface area contributed by atoms with Gasteiger partial charge in [0.15, 0.2) is 5.65 Å². The lowest BCUT2D eigenvalue weighted by molar-refractivity contribution is 0.0950. The molecule has 7 heteroatoms. The molecular formula is C29H34N6O. The van der Waals surface area contributed by atoms with E-state index in [1.807, 2.05) is 59.3 Å². The molecule has 186 valence electrons. The Labute approximate surface area is 212 Å². The molecule has 0 spiro atoms. The van der Waals surface area contributed by atoms with Crippen molar-refractivity contribution in [3.8, 4) is 11.3 Å². The number of carbonyl (C=O) groups is 1. The number of fused-ring (bicyclic) bond motifs is 1. The van der Waals surface area contributed by atoms with Crippen molar-refractivity contribution in [1.29, 1.82) is 0 Å². The van der Waals surface area contributed by atoms with Gasteiger partial charge in [0.25, 0.3) is 5.91 Å². The molecule has 2 aromatic carbocycles. The van der Waals surface area contributed by atoms with Crippen LogP contribution in [-0.2, 0) is 6.54 Å². The Kier molecular flexibility index (Phi) is 7.69. The lowest BCUT2D eigenvalue weighted by Gasteiger charge is -2.33. The van der Waals surface area contributed by atoms with Crippen LogP contribution in [0.25, 0.3) is 22.3 Å². The molecule has 0 aliphatic carbocycles. The van der Waals surface area contributed by atoms with Gasteiger partial charge in [0.05, 0.1) is 29.4 Å². The summed E-state index contributed by atoms with van der Waals surface area (Å²) in [7, 11) is 0. The van der Waals surface area contributed by atoms with E-state index in [4.69, 9.17) is 4.98 Å². The molecule has 0 atom stereocenters. The number of carbonyl (C=O) groups excluding carboxylic acids is 1. The maximum absolute atomic E-state index is 13.3. The largest absolute Gasteiger partial charge is 0.352 e. The Hall–Kier alpha value is -3.55. The Morgan fingerprint density at radius 3 is 2.36 bits per heavy atom. The summed E-state index contributed by atoms with van der Waals surface area (Å²) < 4.78 is 1.88. The Balaban J connectivity index is 1.33. The van der Waals surface area contributed by atoms with Gasteiger partial charge < -0.3 is 15.1 Å². The number of amides is 1. The van der Waals surface area contributed by atoms with Gasteiger partial charge in [-0.25, -0.2) is 9.67 Å². The van der Waals surface area contributed by atoms with Gasteiger partial charge in [0.1, 0.15) is 0 Å². The molecule has 1 saturated heterocycles. The summed E-state index contributed by atoms with van der Waals surface area (Å²) in [4.78, 5) is 23.2. The van der Waals surface area contributed by atoms with Crippen LogP contribution >= 0.6 is 0 Å². The summed E-state index contributed by atoms with van der Waals surface area (Å²) in [6.45, 7) is 10.1. The molecule has 0 bridgehead atoms. The van der Waals surface area contributed by atoms with Gasteiger partial charge in [0.2, 0.25) is 0 Å². The maximum Gasteiger partial charge on any atom is 0.252 e. The molecule has 2 aromatic heterocycles. The molecule has 1 aliphatic rings. The number of piperazine rings is 1. The first-order chi connectivity index (χ1) is 17.7. The van der Waals surface area contributed by atoms with Crippen molar-refractivity contribution in [3.63, 3.8) is 0 Å². The van der Waals surface area contributed by atoms with Crippen molar-refractivity contribution in [2.24, 2.45) is 0 Å². The van der Waals surface area contributed by atoms with Crippen molar-refractivity contribution in [2.45, 2.75) is 19.9 Å². The van der Waals surface area contributed by atoms with Gasteiger partial charge in [-0.2, -0.15) is 5.10 Å². The number of nitrogens with zero attached hydrogens (tertiary/aromatic N) is 5. The first kappa shape index (κ1) is 24.2. The molecule has 3 heterocycles. The van der Waals surface area contributed by atoms with Crippen LogP contribution in [-0.4, -0.2) is 76.3 Å². The van der Waals surface area contributed by atoms with Crippen LogP contribution < -0.4 is 5.32 Å². The number of hydrogen-bond donors (Lipinski definition) is 1. The second-order valence-electron chi connectivity index (χ2n) is 9.33. The van der Waals surface area contributed by atoms with Crippen LogP contribution in [0.5, 0.6) is 0 Å². The molecule has 7 nitrogen and oxygen atoms in total. The SMILES string of the molecule is CCN1CCN(CCCNC(=O)c2cc(-c3ccccc3)nc3c2cnn3Cc2ccccc2)CC1. The summed E-state index contributed by atoms with van der Waals surface area (Å²) in [6.07, 6.45) is 2.70. The van der Waals surface area contributed by atoms with Gasteiger partial charge in [-0.3, -0.25) is 4.79 Å². The number of benzene rings is 2. The minimum absolute atomic E-state index is 0.0744. The molecule has 0 unspecified atom stereocenters. The van der Waals surface area contributed by atoms with E-state index in [1.54, 1.807) is 6.20 Å². The van der Waals surface area contributed by atoms with E-state index in [-0.39, 0.29) is 5.91 Å². The fourth-order valence-electron chi connectivity index (χ4n) is 4.79. The molecule has 0 saturated carbocycles. The normalized spacial score (nSPS) is 14.8. The first-order valence-electron chi connectivity index (χ1n) is 12.9. The third-order valence-electron chi connectivity index (χ3n) is 6.95. The minimum atomic E-state index is -0.0744. The zero-order valence-corrected chi connectivity index (χ0v) is 20.9. The highest BCUT2D eigenvalue weighted by molar-refractivity contribution is 6.06. The molecule has 5 rings (SSSR count). The average molecular weight is 483 g/mol. The predicted octanol–water partition coefficient (Wildman–Crippen LogP) is 3.90. The number of aromatic nitrogens is 3. The maximum atomic E-state index is 13.3. The lowest BCUT2D eigenvalue weighted by Crippen LogP contribution is -2.46. The van der Waals surface area contributed by atoms with Crippen LogP contribution in [0.1, 0.15) is 29.3 Å². The highest BCUT2D eigenvalue weighted by atomic mass is 16.1. The summed E-state index contributed by atoms with van der Waals surface area (Å²) in [6, 6.07) is 22.1. The number of hydrogen-bond acceptors (Lipinski definition) is 5. The van der Waals surface area contributed by atoms with Gasteiger partial charge in [-0.15, -0.1) is 0 Å². The van der Waals surface area contributed by atoms with Gasteiger partial charge in [0, 0.05) is 38.3 Å². The Morgan fingerprint density at radius 2 is 1.64 bits per heavy atom. The monoisotopic (exact) mass is 482 g/mol. The standard InChI is InChI=1S/C29H34N6O/c1-2-33-16-18-34(19-17-33)15-9-14-30-29(36)25-20-27(24-12-7-4-8-13-24)32-28-26(25)21-31-35(28)22-23-10-5-3-6-11-23/h3-8,10-13,20-21H,2,9,14-19,22H2,1H3,(H,30,36). The fraction of sp³-hybridized carbons (Fsp3) is 0.345. The predicted molar refractivity (Wildman–Crippen MR) is 144 cm³/mol. The zero-order chi connectivity index (χ0) is 24.7. The van der Waals surface area contributed by atoms with Crippen molar-refractivity contribution in [3.05, 3.63) is 84.1 Å². The van der Waals surface area contributed by atoms with Gasteiger partial charge in [-0.1, -0.05) is 67.6 Å². The van der Waals surface area contributed by atoms with Crippen LogP contribution in [0.3, 0.4) is 0 Å². The number of likely N-dealkylation sites (N-methyl/N-ethyl adjacent to an activating group) is 1. The van der Waals surface area contributed by atoms with Crippen molar-refractivity contribution < 1.29 is 4.79 Å². The molecule has 1 amide bonds. The van der Waals surface area contributed by atoms with E-state index in [2.05, 4.69) is 39.3 Å². The lowest BCUT2D eigenvalue weighted by atomic mass is 10.1. The molecule has 4 aromatic rings. The van der Waals surface area contributed by atoms with Crippen LogP contribution in [0.15, 0.2) is 72.9 Å². The number of rotatable bonds is 9. The summed E-state index contributed by atoms with van der Waals surface area (Å²) >= 11 is 0. The second kappa shape index (κ2) is 11.5. The second-order valence-corrected chi connectivity index (χ2v) is 9.33. The van der Waals surface area contributed by atoms with E-state index >= 15 is 0 Å². The van der Waals surface area contributed by atoms with E-state index < -0.39 is 0 Å². The van der Waals surface area contributed by atoms with Crippen LogP contribution in [0.2, 0.25) is 0 Å². The Morgan fingerprint density at radius 1 is 0.944 bits per heavy atom. The molecular weight excluding hydrogens is 448 g/mol. The molecule has 1 fully saturated rings. The van der Waals surface area contributed by atoms with E-state index in [0.29, 0.717) is 18.7 Å². The highest BCUT2D eigenvalue weighted by Gasteiger charge is 2.18. The fourth-order valence-corrected chi connectivity index (χ4v) is 4.79.